The van der Waals surface area contributed by atoms with Crippen molar-refractivity contribution in [2.24, 2.45) is 5.92 Å². The molecule has 2 aromatic heterocycles. The van der Waals surface area contributed by atoms with Crippen molar-refractivity contribution in [3.05, 3.63) is 42.1 Å². The van der Waals surface area contributed by atoms with E-state index in [1.807, 2.05) is 0 Å². The maximum absolute atomic E-state index is 12.2. The Bertz CT molecular complexity index is 706. The minimum absolute atomic E-state index is 0.0856. The molecule has 0 unspecified atom stereocenters. The lowest BCUT2D eigenvalue weighted by Gasteiger charge is -2.31. The second kappa shape index (κ2) is 7.87. The van der Waals surface area contributed by atoms with Gasteiger partial charge in [-0.3, -0.25) is 19.6 Å². The second-order valence-electron chi connectivity index (χ2n) is 6.21. The molecule has 132 valence electrons. The summed E-state index contributed by atoms with van der Waals surface area (Å²) in [5, 5.41) is 2.70. The zero-order valence-electron chi connectivity index (χ0n) is 14.1. The Kier molecular flexibility index (Phi) is 5.37. The molecule has 2 amide bonds. The van der Waals surface area contributed by atoms with Gasteiger partial charge in [-0.25, -0.2) is 4.98 Å². The molecular formula is C17H21N5O3. The fourth-order valence-electron chi connectivity index (χ4n) is 2.91. The van der Waals surface area contributed by atoms with Crippen LogP contribution < -0.4 is 5.32 Å². The van der Waals surface area contributed by atoms with Crippen LogP contribution in [0.2, 0.25) is 0 Å². The van der Waals surface area contributed by atoms with E-state index < -0.39 is 0 Å². The van der Waals surface area contributed by atoms with E-state index in [-0.39, 0.29) is 11.8 Å². The highest BCUT2D eigenvalue weighted by Crippen LogP contribution is 2.22. The van der Waals surface area contributed by atoms with Crippen molar-refractivity contribution < 1.29 is 14.0 Å². The standard InChI is InChI=1S/C17H21N5O3/c1-12(23)19-8-15-9-20-14(7-21-15)6-13-2-4-22(5-3-13)17(24)16-10-18-11-25-16/h7,9-11,13H,2-6,8H2,1H3,(H,19,23). The first-order valence-electron chi connectivity index (χ1n) is 8.34. The predicted octanol–water partition coefficient (Wildman–Crippen LogP) is 1.20. The normalized spacial score (nSPS) is 15.2. The third-order valence-electron chi connectivity index (χ3n) is 4.32. The Morgan fingerprint density at radius 1 is 1.20 bits per heavy atom. The zero-order valence-corrected chi connectivity index (χ0v) is 14.1. The summed E-state index contributed by atoms with van der Waals surface area (Å²) >= 11 is 0. The number of hydrogen-bond acceptors (Lipinski definition) is 6. The molecule has 2 aromatic rings. The Labute approximate surface area is 145 Å². The average Bonchev–Trinajstić information content (AvgIpc) is 3.16. The van der Waals surface area contributed by atoms with Gasteiger partial charge in [0, 0.05) is 26.2 Å². The van der Waals surface area contributed by atoms with Crippen molar-refractivity contribution in [3.63, 3.8) is 0 Å². The van der Waals surface area contributed by atoms with E-state index in [0.717, 1.165) is 30.7 Å². The van der Waals surface area contributed by atoms with Crippen molar-refractivity contribution in [2.75, 3.05) is 13.1 Å². The van der Waals surface area contributed by atoms with Crippen LogP contribution in [0.1, 0.15) is 41.7 Å². The molecule has 1 N–H and O–H groups in total. The molecule has 1 aliphatic rings. The largest absolute Gasteiger partial charge is 0.438 e. The number of carbonyl (C=O) groups excluding carboxylic acids is 2. The van der Waals surface area contributed by atoms with Crippen LogP contribution in [-0.2, 0) is 17.8 Å². The summed E-state index contributed by atoms with van der Waals surface area (Å²) in [4.78, 5) is 37.5. The van der Waals surface area contributed by atoms with Crippen LogP contribution in [0.15, 0.2) is 29.4 Å². The lowest BCUT2D eigenvalue weighted by molar-refractivity contribution is -0.119. The number of hydrogen-bond donors (Lipinski definition) is 1. The van der Waals surface area contributed by atoms with Crippen LogP contribution in [0.5, 0.6) is 0 Å². The average molecular weight is 343 g/mol. The number of aromatic nitrogens is 3. The monoisotopic (exact) mass is 343 g/mol. The number of likely N-dealkylation sites (tertiary alicyclic amines) is 1. The topological polar surface area (TPSA) is 101 Å². The number of carbonyl (C=O) groups is 2. The Morgan fingerprint density at radius 3 is 2.52 bits per heavy atom. The number of rotatable bonds is 5. The van der Waals surface area contributed by atoms with Crippen LogP contribution in [0.3, 0.4) is 0 Å². The minimum atomic E-state index is -0.0990. The van der Waals surface area contributed by atoms with Crippen LogP contribution in [0.25, 0.3) is 0 Å². The van der Waals surface area contributed by atoms with Crippen molar-refractivity contribution in [3.8, 4) is 0 Å². The summed E-state index contributed by atoms with van der Waals surface area (Å²) < 4.78 is 5.07. The van der Waals surface area contributed by atoms with E-state index in [1.54, 1.807) is 17.3 Å². The van der Waals surface area contributed by atoms with Gasteiger partial charge in [-0.2, -0.15) is 0 Å². The molecule has 1 aliphatic heterocycles. The minimum Gasteiger partial charge on any atom is -0.438 e. The molecule has 3 rings (SSSR count). The zero-order chi connectivity index (χ0) is 17.6. The van der Waals surface area contributed by atoms with Crippen LogP contribution >= 0.6 is 0 Å². The van der Waals surface area contributed by atoms with Gasteiger partial charge >= 0.3 is 0 Å². The number of nitrogens with zero attached hydrogens (tertiary/aromatic N) is 4. The third kappa shape index (κ3) is 4.62. The van der Waals surface area contributed by atoms with Crippen molar-refractivity contribution in [1.29, 1.82) is 0 Å². The van der Waals surface area contributed by atoms with E-state index in [4.69, 9.17) is 4.42 Å². The molecule has 0 atom stereocenters. The van der Waals surface area contributed by atoms with Gasteiger partial charge in [-0.15, -0.1) is 0 Å². The van der Waals surface area contributed by atoms with Crippen molar-refractivity contribution in [1.82, 2.24) is 25.2 Å². The molecule has 0 aliphatic carbocycles. The summed E-state index contributed by atoms with van der Waals surface area (Å²) in [6, 6.07) is 0. The first kappa shape index (κ1) is 17.1. The highest BCUT2D eigenvalue weighted by Gasteiger charge is 2.25. The maximum atomic E-state index is 12.2. The Balaban J connectivity index is 1.47. The van der Waals surface area contributed by atoms with E-state index in [0.29, 0.717) is 31.3 Å². The van der Waals surface area contributed by atoms with Crippen LogP contribution in [0, 0.1) is 5.92 Å². The van der Waals surface area contributed by atoms with E-state index in [1.165, 1.54) is 19.5 Å². The smallest absolute Gasteiger partial charge is 0.291 e. The molecular weight excluding hydrogens is 322 g/mol. The molecule has 8 heteroatoms. The van der Waals surface area contributed by atoms with Gasteiger partial charge in [-0.1, -0.05) is 0 Å². The number of oxazole rings is 1. The fraction of sp³-hybridized carbons (Fsp3) is 0.471. The molecule has 0 radical (unpaired) electrons. The SMILES string of the molecule is CC(=O)NCc1cnc(CC2CCN(C(=O)c3cnco3)CC2)cn1. The van der Waals surface area contributed by atoms with Crippen molar-refractivity contribution >= 4 is 11.8 Å². The molecule has 25 heavy (non-hydrogen) atoms. The summed E-state index contributed by atoms with van der Waals surface area (Å²) in [5.74, 6) is 0.587. The van der Waals surface area contributed by atoms with Gasteiger partial charge in [0.05, 0.1) is 30.3 Å². The van der Waals surface area contributed by atoms with Gasteiger partial charge in [0.2, 0.25) is 11.7 Å². The molecule has 0 bridgehead atoms. The number of amides is 2. The number of piperidine rings is 1. The molecule has 1 saturated heterocycles. The molecule has 8 nitrogen and oxygen atoms in total. The maximum Gasteiger partial charge on any atom is 0.291 e. The summed E-state index contributed by atoms with van der Waals surface area (Å²) in [7, 11) is 0. The van der Waals surface area contributed by atoms with E-state index >= 15 is 0 Å². The molecule has 1 fully saturated rings. The van der Waals surface area contributed by atoms with Gasteiger partial charge < -0.3 is 14.6 Å². The molecule has 3 heterocycles. The quantitative estimate of drug-likeness (QED) is 0.875. The third-order valence-corrected chi connectivity index (χ3v) is 4.32. The summed E-state index contributed by atoms with van der Waals surface area (Å²) in [6.45, 7) is 3.28. The number of nitrogens with one attached hydrogen (secondary N) is 1. The predicted molar refractivity (Wildman–Crippen MR) is 88.4 cm³/mol. The lowest BCUT2D eigenvalue weighted by atomic mass is 9.92. The van der Waals surface area contributed by atoms with Crippen LogP contribution in [-0.4, -0.2) is 44.8 Å². The molecule has 0 spiro atoms. The highest BCUT2D eigenvalue weighted by atomic mass is 16.3. The summed E-state index contributed by atoms with van der Waals surface area (Å²) in [5.41, 5.74) is 1.68. The van der Waals surface area contributed by atoms with E-state index in [2.05, 4.69) is 20.3 Å². The highest BCUT2D eigenvalue weighted by molar-refractivity contribution is 5.91. The first-order valence-corrected chi connectivity index (χ1v) is 8.34. The van der Waals surface area contributed by atoms with E-state index in [9.17, 15) is 9.59 Å². The van der Waals surface area contributed by atoms with Gasteiger partial charge in [0.15, 0.2) is 6.39 Å². The second-order valence-corrected chi connectivity index (χ2v) is 6.21. The molecule has 0 aromatic carbocycles. The van der Waals surface area contributed by atoms with Gasteiger partial charge in [-0.05, 0) is 25.2 Å². The Hall–Kier alpha value is -2.77. The fourth-order valence-corrected chi connectivity index (χ4v) is 2.91. The summed E-state index contributed by atoms with van der Waals surface area (Å²) in [6.07, 6.45) is 8.89. The lowest BCUT2D eigenvalue weighted by Crippen LogP contribution is -2.38. The van der Waals surface area contributed by atoms with Crippen LogP contribution in [0.4, 0.5) is 0 Å². The van der Waals surface area contributed by atoms with Gasteiger partial charge in [0.1, 0.15) is 0 Å². The van der Waals surface area contributed by atoms with Gasteiger partial charge in [0.25, 0.3) is 5.91 Å². The Morgan fingerprint density at radius 2 is 1.92 bits per heavy atom. The molecule has 0 saturated carbocycles. The van der Waals surface area contributed by atoms with Crippen molar-refractivity contribution in [2.45, 2.75) is 32.7 Å². The first-order chi connectivity index (χ1) is 12.1.